The number of piperidine rings is 2. The molecule has 4 heteroatoms. The van der Waals surface area contributed by atoms with Crippen molar-refractivity contribution in [2.24, 2.45) is 5.92 Å². The summed E-state index contributed by atoms with van der Waals surface area (Å²) in [7, 11) is 0. The SMILES string of the molecule is c1c2c(cc3c1OCCO3)[C@H]1C[C@H]3NCCC[C@H]3CN1CC2. The largest absolute Gasteiger partial charge is 0.486 e. The van der Waals surface area contributed by atoms with Crippen LogP contribution in [0.25, 0.3) is 0 Å². The normalized spacial score (nSPS) is 33.5. The lowest BCUT2D eigenvalue weighted by Crippen LogP contribution is -2.54. The van der Waals surface area contributed by atoms with E-state index >= 15 is 0 Å². The summed E-state index contributed by atoms with van der Waals surface area (Å²) in [5.41, 5.74) is 2.96. The molecule has 1 aromatic carbocycles. The monoisotopic (exact) mass is 300 g/mol. The van der Waals surface area contributed by atoms with Crippen LogP contribution in [0.15, 0.2) is 12.1 Å². The number of rotatable bonds is 0. The molecule has 3 atom stereocenters. The molecule has 0 radical (unpaired) electrons. The van der Waals surface area contributed by atoms with E-state index in [1.54, 1.807) is 0 Å². The van der Waals surface area contributed by atoms with E-state index in [0.29, 0.717) is 25.3 Å². The molecule has 1 aromatic rings. The molecule has 1 N–H and O–H groups in total. The van der Waals surface area contributed by atoms with E-state index in [-0.39, 0.29) is 0 Å². The summed E-state index contributed by atoms with van der Waals surface area (Å²) in [4.78, 5) is 2.71. The predicted molar refractivity (Wildman–Crippen MR) is 84.6 cm³/mol. The molecule has 22 heavy (non-hydrogen) atoms. The van der Waals surface area contributed by atoms with Gasteiger partial charge < -0.3 is 14.8 Å². The Kier molecular flexibility index (Phi) is 3.08. The van der Waals surface area contributed by atoms with Gasteiger partial charge in [-0.25, -0.2) is 0 Å². The van der Waals surface area contributed by atoms with Gasteiger partial charge in [-0.1, -0.05) is 0 Å². The second-order valence-corrected chi connectivity index (χ2v) is 7.15. The molecular formula is C18H24N2O2. The summed E-state index contributed by atoms with van der Waals surface area (Å²) in [5, 5.41) is 3.76. The average Bonchev–Trinajstić information content (AvgIpc) is 2.58. The Bertz CT molecular complexity index is 589. The smallest absolute Gasteiger partial charge is 0.161 e. The second kappa shape index (κ2) is 5.14. The Hall–Kier alpha value is -1.26. The molecule has 2 saturated heterocycles. The molecule has 118 valence electrons. The zero-order chi connectivity index (χ0) is 14.5. The van der Waals surface area contributed by atoms with Gasteiger partial charge in [0.25, 0.3) is 0 Å². The van der Waals surface area contributed by atoms with Gasteiger partial charge in [0.15, 0.2) is 11.5 Å². The van der Waals surface area contributed by atoms with Crippen LogP contribution in [0.3, 0.4) is 0 Å². The third kappa shape index (κ3) is 2.04. The van der Waals surface area contributed by atoms with Crippen LogP contribution < -0.4 is 14.8 Å². The summed E-state index contributed by atoms with van der Waals surface area (Å²) in [6.07, 6.45) is 5.13. The molecular weight excluding hydrogens is 276 g/mol. The van der Waals surface area contributed by atoms with E-state index in [1.165, 1.54) is 50.0 Å². The Labute approximate surface area is 131 Å². The van der Waals surface area contributed by atoms with Crippen LogP contribution in [0.4, 0.5) is 0 Å². The number of fused-ring (bicyclic) bond motifs is 5. The maximum atomic E-state index is 5.82. The fourth-order valence-electron chi connectivity index (χ4n) is 4.84. The summed E-state index contributed by atoms with van der Waals surface area (Å²) in [5.74, 6) is 2.75. The highest BCUT2D eigenvalue weighted by molar-refractivity contribution is 5.50. The number of nitrogens with one attached hydrogen (secondary N) is 1. The van der Waals surface area contributed by atoms with Gasteiger partial charge in [-0.2, -0.15) is 0 Å². The van der Waals surface area contributed by atoms with Crippen molar-refractivity contribution in [2.45, 2.75) is 37.8 Å². The van der Waals surface area contributed by atoms with Gasteiger partial charge in [-0.3, -0.25) is 4.90 Å². The maximum absolute atomic E-state index is 5.82. The minimum absolute atomic E-state index is 0.562. The zero-order valence-electron chi connectivity index (χ0n) is 13.0. The van der Waals surface area contributed by atoms with E-state index in [2.05, 4.69) is 22.3 Å². The topological polar surface area (TPSA) is 33.7 Å². The fraction of sp³-hybridized carbons (Fsp3) is 0.667. The first-order valence-corrected chi connectivity index (χ1v) is 8.78. The van der Waals surface area contributed by atoms with Crippen LogP contribution in [-0.4, -0.2) is 43.8 Å². The summed E-state index contributed by atoms with van der Waals surface area (Å²) < 4.78 is 11.6. The van der Waals surface area contributed by atoms with Gasteiger partial charge in [0.1, 0.15) is 13.2 Å². The minimum atomic E-state index is 0.562. The van der Waals surface area contributed by atoms with E-state index in [0.717, 1.165) is 23.8 Å². The molecule has 0 spiro atoms. The van der Waals surface area contributed by atoms with Gasteiger partial charge in [-0.05, 0) is 61.4 Å². The highest BCUT2D eigenvalue weighted by Gasteiger charge is 2.40. The fourth-order valence-corrected chi connectivity index (χ4v) is 4.84. The van der Waals surface area contributed by atoms with Crippen molar-refractivity contribution < 1.29 is 9.47 Å². The van der Waals surface area contributed by atoms with Crippen molar-refractivity contribution in [3.63, 3.8) is 0 Å². The Balaban J connectivity index is 1.49. The van der Waals surface area contributed by atoms with Crippen molar-refractivity contribution in [3.8, 4) is 11.5 Å². The van der Waals surface area contributed by atoms with Crippen LogP contribution in [0.5, 0.6) is 11.5 Å². The van der Waals surface area contributed by atoms with Gasteiger partial charge in [0.05, 0.1) is 0 Å². The van der Waals surface area contributed by atoms with Gasteiger partial charge in [0, 0.05) is 25.2 Å². The van der Waals surface area contributed by atoms with Crippen LogP contribution in [0.2, 0.25) is 0 Å². The molecule has 0 unspecified atom stereocenters. The van der Waals surface area contributed by atoms with E-state index in [9.17, 15) is 0 Å². The number of ether oxygens (including phenoxy) is 2. The minimum Gasteiger partial charge on any atom is -0.486 e. The van der Waals surface area contributed by atoms with E-state index in [1.807, 2.05) is 0 Å². The molecule has 5 rings (SSSR count). The number of hydrogen-bond donors (Lipinski definition) is 1. The van der Waals surface area contributed by atoms with Crippen molar-refractivity contribution >= 4 is 0 Å². The Morgan fingerprint density at radius 1 is 1.14 bits per heavy atom. The molecule has 0 bridgehead atoms. The molecule has 2 fully saturated rings. The number of hydrogen-bond acceptors (Lipinski definition) is 4. The summed E-state index contributed by atoms with van der Waals surface area (Å²) >= 11 is 0. The van der Waals surface area contributed by atoms with Gasteiger partial charge in [0.2, 0.25) is 0 Å². The van der Waals surface area contributed by atoms with Gasteiger partial charge in [-0.15, -0.1) is 0 Å². The molecule has 4 aliphatic rings. The summed E-state index contributed by atoms with van der Waals surface area (Å²) in [6.45, 7) is 5.00. The molecule has 4 heterocycles. The third-order valence-electron chi connectivity index (χ3n) is 5.95. The molecule has 4 aliphatic heterocycles. The lowest BCUT2D eigenvalue weighted by molar-refractivity contribution is 0.0547. The molecule has 4 nitrogen and oxygen atoms in total. The Morgan fingerprint density at radius 3 is 2.91 bits per heavy atom. The summed E-state index contributed by atoms with van der Waals surface area (Å²) in [6, 6.07) is 5.77. The first-order valence-electron chi connectivity index (χ1n) is 8.78. The molecule has 0 saturated carbocycles. The van der Waals surface area contributed by atoms with Crippen molar-refractivity contribution in [1.82, 2.24) is 10.2 Å². The first kappa shape index (κ1) is 13.2. The standard InChI is InChI=1S/C18H24N2O2/c1-2-13-11-20-5-3-12-8-17-18(22-7-6-21-17)9-14(12)16(20)10-15(13)19-4-1/h8-9,13,15-16,19H,1-7,10-11H2/t13-,15+,16+/m0/s1. The van der Waals surface area contributed by atoms with E-state index < -0.39 is 0 Å². The number of benzene rings is 1. The average molecular weight is 300 g/mol. The maximum Gasteiger partial charge on any atom is 0.161 e. The van der Waals surface area contributed by atoms with Crippen LogP contribution in [0.1, 0.15) is 36.4 Å². The van der Waals surface area contributed by atoms with Crippen molar-refractivity contribution in [2.75, 3.05) is 32.8 Å². The van der Waals surface area contributed by atoms with Crippen LogP contribution in [-0.2, 0) is 6.42 Å². The van der Waals surface area contributed by atoms with Crippen LogP contribution >= 0.6 is 0 Å². The van der Waals surface area contributed by atoms with Crippen LogP contribution in [0, 0.1) is 5.92 Å². The first-order chi connectivity index (χ1) is 10.9. The molecule has 0 amide bonds. The van der Waals surface area contributed by atoms with Gasteiger partial charge >= 0.3 is 0 Å². The zero-order valence-corrected chi connectivity index (χ0v) is 13.0. The van der Waals surface area contributed by atoms with Crippen molar-refractivity contribution in [3.05, 3.63) is 23.3 Å². The van der Waals surface area contributed by atoms with Crippen molar-refractivity contribution in [1.29, 1.82) is 0 Å². The molecule has 0 aliphatic carbocycles. The predicted octanol–water partition coefficient (Wildman–Crippen LogP) is 2.13. The van der Waals surface area contributed by atoms with E-state index in [4.69, 9.17) is 9.47 Å². The lowest BCUT2D eigenvalue weighted by atomic mass is 9.77. The molecule has 0 aromatic heterocycles. The second-order valence-electron chi connectivity index (χ2n) is 7.15. The lowest BCUT2D eigenvalue weighted by Gasteiger charge is -2.49. The Morgan fingerprint density at radius 2 is 2.00 bits per heavy atom. The third-order valence-corrected chi connectivity index (χ3v) is 5.95. The highest BCUT2D eigenvalue weighted by Crippen LogP contribution is 2.44. The quantitative estimate of drug-likeness (QED) is 0.796. The number of nitrogens with zero attached hydrogens (tertiary/aromatic N) is 1. The highest BCUT2D eigenvalue weighted by atomic mass is 16.6.